The van der Waals surface area contributed by atoms with Crippen molar-refractivity contribution in [3.05, 3.63) is 66.1 Å². The van der Waals surface area contributed by atoms with E-state index in [4.69, 9.17) is 0 Å². The number of para-hydroxylation sites is 1. The molecule has 0 aliphatic carbocycles. The molecular weight excluding hydrogens is 255 g/mol. The van der Waals surface area contributed by atoms with Crippen molar-refractivity contribution < 1.29 is 9.18 Å². The summed E-state index contributed by atoms with van der Waals surface area (Å²) >= 11 is 0. The zero-order chi connectivity index (χ0) is 14.1. The molecule has 0 saturated carbocycles. The molecule has 1 N–H and O–H groups in total. The summed E-state index contributed by atoms with van der Waals surface area (Å²) in [5.41, 5.74) is 1.89. The number of fused-ring (bicyclic) bond motifs is 1. The van der Waals surface area contributed by atoms with Gasteiger partial charge in [-0.2, -0.15) is 0 Å². The lowest BCUT2D eigenvalue weighted by atomic mass is 10.1. The van der Waals surface area contributed by atoms with Gasteiger partial charge in [-0.3, -0.25) is 4.79 Å². The molecule has 0 bridgehead atoms. The molecule has 0 unspecified atom stereocenters. The van der Waals surface area contributed by atoms with Gasteiger partial charge in [-0.05, 0) is 30.3 Å². The summed E-state index contributed by atoms with van der Waals surface area (Å²) in [5.74, 6) is -0.538. The molecule has 0 saturated heterocycles. The first kappa shape index (κ1) is 12.4. The molecule has 0 aliphatic rings. The van der Waals surface area contributed by atoms with Crippen molar-refractivity contribution in [1.82, 2.24) is 4.98 Å². The first-order valence-electron chi connectivity index (χ1n) is 6.26. The molecule has 4 heteroatoms. The number of amides is 1. The molecule has 3 nitrogen and oxygen atoms in total. The molecular formula is C16H13FN2O. The summed E-state index contributed by atoms with van der Waals surface area (Å²) in [7, 11) is 1.64. The molecule has 2 aromatic carbocycles. The second-order valence-corrected chi connectivity index (χ2v) is 4.59. The Morgan fingerprint density at radius 1 is 1.15 bits per heavy atom. The molecule has 1 heterocycles. The summed E-state index contributed by atoms with van der Waals surface area (Å²) in [4.78, 5) is 17.1. The van der Waals surface area contributed by atoms with Gasteiger partial charge >= 0.3 is 0 Å². The fraction of sp³-hybridized carbons (Fsp3) is 0.0625. The minimum absolute atomic E-state index is 0.177. The third-order valence-corrected chi connectivity index (χ3v) is 3.32. The van der Waals surface area contributed by atoms with E-state index in [1.165, 1.54) is 17.0 Å². The zero-order valence-corrected chi connectivity index (χ0v) is 10.9. The van der Waals surface area contributed by atoms with E-state index in [2.05, 4.69) is 4.98 Å². The molecule has 3 rings (SSSR count). The van der Waals surface area contributed by atoms with Crippen LogP contribution in [0.3, 0.4) is 0 Å². The van der Waals surface area contributed by atoms with Crippen molar-refractivity contribution >= 4 is 22.5 Å². The van der Waals surface area contributed by atoms with Crippen molar-refractivity contribution in [2.24, 2.45) is 0 Å². The van der Waals surface area contributed by atoms with Crippen LogP contribution in [-0.4, -0.2) is 17.9 Å². The van der Waals surface area contributed by atoms with Crippen LogP contribution in [0.15, 0.2) is 54.7 Å². The average molecular weight is 268 g/mol. The smallest absolute Gasteiger partial charge is 0.260 e. The van der Waals surface area contributed by atoms with Crippen molar-refractivity contribution in [2.45, 2.75) is 0 Å². The molecule has 0 atom stereocenters. The van der Waals surface area contributed by atoms with Crippen LogP contribution in [-0.2, 0) is 0 Å². The van der Waals surface area contributed by atoms with Gasteiger partial charge in [0, 0.05) is 24.3 Å². The van der Waals surface area contributed by atoms with Crippen molar-refractivity contribution in [1.29, 1.82) is 0 Å². The van der Waals surface area contributed by atoms with Crippen LogP contribution in [0.1, 0.15) is 10.4 Å². The van der Waals surface area contributed by atoms with E-state index in [-0.39, 0.29) is 11.7 Å². The lowest BCUT2D eigenvalue weighted by molar-refractivity contribution is 0.0994. The lowest BCUT2D eigenvalue weighted by Crippen LogP contribution is -2.26. The normalized spacial score (nSPS) is 10.7. The fourth-order valence-corrected chi connectivity index (χ4v) is 2.25. The van der Waals surface area contributed by atoms with Crippen LogP contribution in [0, 0.1) is 5.82 Å². The third-order valence-electron chi connectivity index (χ3n) is 3.32. The standard InChI is InChI=1S/C16H13FN2O/c1-19(13-6-3-5-12(17)10-13)16(20)14-7-2-4-11-8-9-18-15(11)14/h2-10,18H,1H3. The molecule has 0 aliphatic heterocycles. The molecule has 100 valence electrons. The summed E-state index contributed by atoms with van der Waals surface area (Å²) in [6.45, 7) is 0. The van der Waals surface area contributed by atoms with Gasteiger partial charge in [-0.15, -0.1) is 0 Å². The number of halogens is 1. The highest BCUT2D eigenvalue weighted by molar-refractivity contribution is 6.12. The quantitative estimate of drug-likeness (QED) is 0.757. The predicted octanol–water partition coefficient (Wildman–Crippen LogP) is 3.58. The van der Waals surface area contributed by atoms with E-state index in [0.717, 1.165) is 10.9 Å². The molecule has 20 heavy (non-hydrogen) atoms. The average Bonchev–Trinajstić information content (AvgIpc) is 2.94. The van der Waals surface area contributed by atoms with Gasteiger partial charge in [0.2, 0.25) is 0 Å². The topological polar surface area (TPSA) is 36.1 Å². The van der Waals surface area contributed by atoms with E-state index >= 15 is 0 Å². The maximum atomic E-state index is 13.3. The van der Waals surface area contributed by atoms with Crippen LogP contribution < -0.4 is 4.90 Å². The maximum Gasteiger partial charge on any atom is 0.260 e. The van der Waals surface area contributed by atoms with Crippen LogP contribution in [0.25, 0.3) is 10.9 Å². The lowest BCUT2D eigenvalue weighted by Gasteiger charge is -2.17. The van der Waals surface area contributed by atoms with E-state index in [9.17, 15) is 9.18 Å². The number of nitrogens with one attached hydrogen (secondary N) is 1. The summed E-state index contributed by atoms with van der Waals surface area (Å²) in [5, 5.41) is 0.975. The van der Waals surface area contributed by atoms with Crippen LogP contribution in [0.5, 0.6) is 0 Å². The van der Waals surface area contributed by atoms with Crippen LogP contribution >= 0.6 is 0 Å². The van der Waals surface area contributed by atoms with Crippen molar-refractivity contribution in [3.8, 4) is 0 Å². The number of benzene rings is 2. The van der Waals surface area contributed by atoms with Crippen molar-refractivity contribution in [2.75, 3.05) is 11.9 Å². The predicted molar refractivity (Wildman–Crippen MR) is 77.4 cm³/mol. The fourth-order valence-electron chi connectivity index (χ4n) is 2.25. The Morgan fingerprint density at radius 3 is 2.75 bits per heavy atom. The third kappa shape index (κ3) is 2.05. The molecule has 0 fully saturated rings. The van der Waals surface area contributed by atoms with E-state index in [0.29, 0.717) is 11.3 Å². The molecule has 0 radical (unpaired) electrons. The summed E-state index contributed by atoms with van der Waals surface area (Å²) in [6.07, 6.45) is 1.80. The first-order chi connectivity index (χ1) is 9.66. The monoisotopic (exact) mass is 268 g/mol. The number of aromatic amines is 1. The number of carbonyl (C=O) groups excluding carboxylic acids is 1. The number of rotatable bonds is 2. The second-order valence-electron chi connectivity index (χ2n) is 4.59. The van der Waals surface area contributed by atoms with Gasteiger partial charge in [0.05, 0.1) is 11.1 Å². The van der Waals surface area contributed by atoms with E-state index in [1.807, 2.05) is 18.2 Å². The highest BCUT2D eigenvalue weighted by Crippen LogP contribution is 2.21. The molecule has 0 spiro atoms. The highest BCUT2D eigenvalue weighted by Gasteiger charge is 2.16. The Morgan fingerprint density at radius 2 is 1.95 bits per heavy atom. The number of hydrogen-bond acceptors (Lipinski definition) is 1. The zero-order valence-electron chi connectivity index (χ0n) is 10.9. The summed E-state index contributed by atoms with van der Waals surface area (Å²) < 4.78 is 13.3. The van der Waals surface area contributed by atoms with Crippen LogP contribution in [0.2, 0.25) is 0 Å². The minimum atomic E-state index is -0.361. The van der Waals surface area contributed by atoms with Crippen molar-refractivity contribution in [3.63, 3.8) is 0 Å². The Labute approximate surface area is 115 Å². The number of anilines is 1. The molecule has 3 aromatic rings. The van der Waals surface area contributed by atoms with Gasteiger partial charge in [0.15, 0.2) is 0 Å². The number of H-pyrrole nitrogens is 1. The van der Waals surface area contributed by atoms with Gasteiger partial charge in [0.1, 0.15) is 5.82 Å². The Balaban J connectivity index is 2.02. The van der Waals surface area contributed by atoms with Gasteiger partial charge < -0.3 is 9.88 Å². The minimum Gasteiger partial charge on any atom is -0.361 e. The SMILES string of the molecule is CN(C(=O)c1cccc2cc[nH]c12)c1cccc(F)c1. The summed E-state index contributed by atoms with van der Waals surface area (Å²) in [6, 6.07) is 13.4. The highest BCUT2D eigenvalue weighted by atomic mass is 19.1. The number of hydrogen-bond donors (Lipinski definition) is 1. The van der Waals surface area contributed by atoms with Crippen LogP contribution in [0.4, 0.5) is 10.1 Å². The van der Waals surface area contributed by atoms with Gasteiger partial charge in [-0.1, -0.05) is 18.2 Å². The largest absolute Gasteiger partial charge is 0.361 e. The Kier molecular flexibility index (Phi) is 2.99. The number of carbonyl (C=O) groups is 1. The first-order valence-corrected chi connectivity index (χ1v) is 6.26. The molecule has 1 amide bonds. The second kappa shape index (κ2) is 4.81. The maximum absolute atomic E-state index is 13.3. The molecule has 1 aromatic heterocycles. The van der Waals surface area contributed by atoms with E-state index in [1.54, 1.807) is 31.4 Å². The van der Waals surface area contributed by atoms with Gasteiger partial charge in [0.25, 0.3) is 5.91 Å². The Hall–Kier alpha value is -2.62. The van der Waals surface area contributed by atoms with E-state index < -0.39 is 0 Å². The van der Waals surface area contributed by atoms with Gasteiger partial charge in [-0.25, -0.2) is 4.39 Å². The number of nitrogens with zero attached hydrogens (tertiary/aromatic N) is 1. The Bertz CT molecular complexity index is 779. The number of aromatic nitrogens is 1.